The molecule has 2 aliphatic heterocycles. The number of nitrogens with one attached hydrogen (secondary N) is 1. The zero-order valence-corrected chi connectivity index (χ0v) is 22.2. The lowest BCUT2D eigenvalue weighted by Gasteiger charge is -2.39. The molecule has 8 nitrogen and oxygen atoms in total. The Morgan fingerprint density at radius 3 is 2.55 bits per heavy atom. The van der Waals surface area contributed by atoms with Gasteiger partial charge < -0.3 is 24.8 Å². The molecule has 2 aliphatic rings. The van der Waals surface area contributed by atoms with Gasteiger partial charge in [-0.05, 0) is 50.4 Å². The minimum absolute atomic E-state index is 0.117. The lowest BCUT2D eigenvalue weighted by atomic mass is 10.0. The minimum Gasteiger partial charge on any atom is -0.378 e. The summed E-state index contributed by atoms with van der Waals surface area (Å²) in [5, 5.41) is 2.69. The van der Waals surface area contributed by atoms with E-state index in [0.717, 1.165) is 12.1 Å². The molecule has 0 saturated carbocycles. The third-order valence-corrected chi connectivity index (χ3v) is 7.34. The van der Waals surface area contributed by atoms with Crippen LogP contribution in [0, 0.1) is 11.6 Å². The quantitative estimate of drug-likeness (QED) is 0.444. The highest BCUT2D eigenvalue weighted by Crippen LogP contribution is 2.36. The number of nitrogens with zero attached hydrogens (tertiary/aromatic N) is 5. The number of rotatable bonds is 6. The van der Waals surface area contributed by atoms with Gasteiger partial charge >= 0.3 is 0 Å². The summed E-state index contributed by atoms with van der Waals surface area (Å²) in [6.45, 7) is 6.12. The van der Waals surface area contributed by atoms with Crippen LogP contribution in [0.5, 0.6) is 0 Å². The van der Waals surface area contributed by atoms with Crippen LogP contribution in [0.25, 0.3) is 11.3 Å². The van der Waals surface area contributed by atoms with E-state index in [9.17, 15) is 18.0 Å². The van der Waals surface area contributed by atoms with Gasteiger partial charge in [0.05, 0.1) is 30.3 Å². The summed E-state index contributed by atoms with van der Waals surface area (Å²) in [5.74, 6) is -1.85. The Morgan fingerprint density at radius 2 is 1.82 bits per heavy atom. The number of likely N-dealkylation sites (N-methyl/N-ethyl adjacent to an activating group) is 1. The van der Waals surface area contributed by atoms with Crippen molar-refractivity contribution in [1.29, 1.82) is 0 Å². The molecule has 0 aliphatic carbocycles. The summed E-state index contributed by atoms with van der Waals surface area (Å²) in [6.07, 6.45) is -1.52. The Morgan fingerprint density at radius 1 is 1.05 bits per heavy atom. The Hall–Kier alpha value is -3.77. The molecule has 0 spiro atoms. The van der Waals surface area contributed by atoms with E-state index in [4.69, 9.17) is 4.74 Å². The van der Waals surface area contributed by atoms with E-state index >= 15 is 4.39 Å². The molecule has 2 aromatic carbocycles. The number of ether oxygens (including phenoxy) is 1. The highest BCUT2D eigenvalue weighted by molar-refractivity contribution is 6.07. The predicted octanol–water partition coefficient (Wildman–Crippen LogP) is 4.59. The molecule has 1 aromatic heterocycles. The highest BCUT2D eigenvalue weighted by Gasteiger charge is 2.27. The number of carbonyl (C=O) groups excluding carboxylic acids is 1. The van der Waals surface area contributed by atoms with Crippen molar-refractivity contribution < 1.29 is 27.1 Å². The van der Waals surface area contributed by atoms with Crippen LogP contribution in [0.15, 0.2) is 42.6 Å². The Bertz CT molecular complexity index is 1380. The summed E-state index contributed by atoms with van der Waals surface area (Å²) in [5.41, 5.74) is -0.0201. The van der Waals surface area contributed by atoms with E-state index < -0.39 is 29.5 Å². The van der Waals surface area contributed by atoms with Crippen molar-refractivity contribution in [2.75, 3.05) is 68.1 Å². The van der Waals surface area contributed by atoms with Crippen molar-refractivity contribution in [3.8, 4) is 11.3 Å². The van der Waals surface area contributed by atoms with E-state index in [2.05, 4.69) is 20.2 Å². The normalized spacial score (nSPS) is 18.3. The van der Waals surface area contributed by atoms with E-state index in [-0.39, 0.29) is 22.9 Å². The largest absolute Gasteiger partial charge is 0.378 e. The van der Waals surface area contributed by atoms with Crippen molar-refractivity contribution in [3.63, 3.8) is 0 Å². The van der Waals surface area contributed by atoms with Crippen LogP contribution in [-0.2, 0) is 4.74 Å². The predicted molar refractivity (Wildman–Crippen MR) is 144 cm³/mol. The average Bonchev–Trinajstić information content (AvgIpc) is 2.95. The number of benzene rings is 2. The summed E-state index contributed by atoms with van der Waals surface area (Å²) in [6, 6.07) is 7.13. The number of hydrogen-bond acceptors (Lipinski definition) is 7. The van der Waals surface area contributed by atoms with Gasteiger partial charge in [0.1, 0.15) is 11.6 Å². The Balaban J connectivity index is 1.55. The number of morpholine rings is 1. The van der Waals surface area contributed by atoms with Gasteiger partial charge in [0.2, 0.25) is 5.95 Å². The Kier molecular flexibility index (Phi) is 8.17. The number of anilines is 3. The molecular weight excluding hydrogens is 528 g/mol. The van der Waals surface area contributed by atoms with Crippen LogP contribution in [0.4, 0.5) is 34.9 Å². The topological polar surface area (TPSA) is 73.8 Å². The van der Waals surface area contributed by atoms with Crippen LogP contribution < -0.4 is 15.1 Å². The van der Waals surface area contributed by atoms with Crippen molar-refractivity contribution >= 4 is 23.2 Å². The molecular formula is C28H30F4N6O2. The summed E-state index contributed by atoms with van der Waals surface area (Å²) in [7, 11) is 2.00. The van der Waals surface area contributed by atoms with Crippen LogP contribution >= 0.6 is 0 Å². The molecule has 2 fully saturated rings. The fourth-order valence-corrected chi connectivity index (χ4v) is 4.91. The molecule has 1 atom stereocenters. The Labute approximate surface area is 229 Å². The second-order valence-electron chi connectivity index (χ2n) is 9.95. The second-order valence-corrected chi connectivity index (χ2v) is 9.95. The van der Waals surface area contributed by atoms with Crippen molar-refractivity contribution in [2.45, 2.75) is 19.4 Å². The minimum atomic E-state index is -3.06. The maximum Gasteiger partial charge on any atom is 0.264 e. The molecule has 40 heavy (non-hydrogen) atoms. The zero-order valence-electron chi connectivity index (χ0n) is 22.2. The first-order chi connectivity index (χ1) is 19.2. The lowest BCUT2D eigenvalue weighted by Crippen LogP contribution is -2.50. The maximum atomic E-state index is 15.7. The van der Waals surface area contributed by atoms with Gasteiger partial charge in [0, 0.05) is 61.7 Å². The molecule has 5 rings (SSSR count). The molecule has 1 N–H and O–H groups in total. The zero-order chi connectivity index (χ0) is 28.4. The SMILES string of the molecule is C[C@@H]1CN(c2cc(F)c(-c3ccnc(N4CCOCC4)n3)cc2NC(=O)c2ccc(F)cc2C(F)F)CCN1C. The molecule has 0 radical (unpaired) electrons. The lowest BCUT2D eigenvalue weighted by molar-refractivity contribution is 0.101. The third-order valence-electron chi connectivity index (χ3n) is 7.34. The standard InChI is InChI=1S/C28H30F4N6O2/c1-17-16-38(8-7-36(17)2)25-15-22(30)21(23-5-6-33-28(35-23)37-9-11-40-12-10-37)14-24(25)34-27(39)19-4-3-18(29)13-20(19)26(31)32/h3-6,13-15,17,26H,7-12,16H2,1-2H3,(H,34,39)/t17-/m1/s1. The first-order valence-corrected chi connectivity index (χ1v) is 13.0. The summed E-state index contributed by atoms with van der Waals surface area (Å²) in [4.78, 5) is 28.2. The van der Waals surface area contributed by atoms with Gasteiger partial charge in [-0.25, -0.2) is 27.5 Å². The third kappa shape index (κ3) is 5.87. The number of carbonyl (C=O) groups is 1. The van der Waals surface area contributed by atoms with Crippen LogP contribution in [0.1, 0.15) is 29.3 Å². The van der Waals surface area contributed by atoms with Gasteiger partial charge in [-0.3, -0.25) is 4.79 Å². The van der Waals surface area contributed by atoms with Crippen molar-refractivity contribution in [1.82, 2.24) is 14.9 Å². The first kappa shape index (κ1) is 27.8. The van der Waals surface area contributed by atoms with Crippen LogP contribution in [0.3, 0.4) is 0 Å². The van der Waals surface area contributed by atoms with E-state index in [1.54, 1.807) is 6.07 Å². The van der Waals surface area contributed by atoms with Crippen LogP contribution in [-0.4, -0.2) is 79.8 Å². The molecule has 0 unspecified atom stereocenters. The van der Waals surface area contributed by atoms with Gasteiger partial charge in [0.25, 0.3) is 12.3 Å². The van der Waals surface area contributed by atoms with Gasteiger partial charge in [-0.1, -0.05) is 0 Å². The van der Waals surface area contributed by atoms with E-state index in [1.165, 1.54) is 18.3 Å². The molecule has 3 aromatic rings. The van der Waals surface area contributed by atoms with Gasteiger partial charge in [-0.15, -0.1) is 0 Å². The monoisotopic (exact) mass is 558 g/mol. The number of amides is 1. The van der Waals surface area contributed by atoms with Crippen molar-refractivity contribution in [2.24, 2.45) is 0 Å². The second kappa shape index (κ2) is 11.8. The number of halogens is 4. The molecule has 12 heteroatoms. The highest BCUT2D eigenvalue weighted by atomic mass is 19.3. The molecule has 1 amide bonds. The maximum absolute atomic E-state index is 15.7. The average molecular weight is 559 g/mol. The van der Waals surface area contributed by atoms with Crippen molar-refractivity contribution in [3.05, 3.63) is 65.4 Å². The number of aromatic nitrogens is 2. The number of hydrogen-bond donors (Lipinski definition) is 1. The summed E-state index contributed by atoms with van der Waals surface area (Å²) >= 11 is 0. The van der Waals surface area contributed by atoms with Gasteiger partial charge in [0.15, 0.2) is 0 Å². The van der Waals surface area contributed by atoms with E-state index in [0.29, 0.717) is 69.3 Å². The molecule has 2 saturated heterocycles. The first-order valence-electron chi connectivity index (χ1n) is 13.0. The molecule has 212 valence electrons. The van der Waals surface area contributed by atoms with Crippen LogP contribution in [0.2, 0.25) is 0 Å². The molecule has 0 bridgehead atoms. The smallest absolute Gasteiger partial charge is 0.264 e. The molecule has 3 heterocycles. The fraction of sp³-hybridized carbons (Fsp3) is 0.393. The number of alkyl halides is 2. The number of piperazine rings is 1. The van der Waals surface area contributed by atoms with E-state index in [1.807, 2.05) is 23.8 Å². The fourth-order valence-electron chi connectivity index (χ4n) is 4.91. The summed E-state index contributed by atoms with van der Waals surface area (Å²) < 4.78 is 62.1. The van der Waals surface area contributed by atoms with Gasteiger partial charge in [-0.2, -0.15) is 0 Å².